The second-order valence-electron chi connectivity index (χ2n) is 8.40. The van der Waals surface area contributed by atoms with Gasteiger partial charge in [0, 0.05) is 48.8 Å². The Bertz CT molecular complexity index is 1060. The fourth-order valence-corrected chi connectivity index (χ4v) is 4.97. The number of hydrogen-bond acceptors (Lipinski definition) is 4. The summed E-state index contributed by atoms with van der Waals surface area (Å²) in [5, 5.41) is 6.07. The van der Waals surface area contributed by atoms with Crippen molar-refractivity contribution >= 4 is 28.6 Å². The van der Waals surface area contributed by atoms with Crippen LogP contribution in [0.1, 0.15) is 45.7 Å². The molecule has 1 fully saturated rings. The molecule has 0 spiro atoms. The SMILES string of the molecule is Cc1[nH]c2c(c1C(=O)NCCN1CCOCC1)CCCC2=C1C(=O)Nc2ccccc21. The van der Waals surface area contributed by atoms with E-state index in [2.05, 4.69) is 20.5 Å². The molecule has 2 amide bonds. The lowest BCUT2D eigenvalue weighted by atomic mass is 9.86. The summed E-state index contributed by atoms with van der Waals surface area (Å²) in [6.07, 6.45) is 2.58. The van der Waals surface area contributed by atoms with E-state index in [-0.39, 0.29) is 11.8 Å². The fourth-order valence-electron chi connectivity index (χ4n) is 4.97. The number of carbonyl (C=O) groups is 2. The van der Waals surface area contributed by atoms with Crippen LogP contribution in [-0.4, -0.2) is 61.1 Å². The number of rotatable bonds is 4. The van der Waals surface area contributed by atoms with E-state index in [4.69, 9.17) is 4.74 Å². The van der Waals surface area contributed by atoms with E-state index in [1.165, 1.54) is 0 Å². The molecule has 3 N–H and O–H groups in total. The van der Waals surface area contributed by atoms with E-state index in [1.54, 1.807) is 0 Å². The lowest BCUT2D eigenvalue weighted by Crippen LogP contribution is -2.41. The van der Waals surface area contributed by atoms with Crippen LogP contribution >= 0.6 is 0 Å². The standard InChI is InChI=1S/C24H28N4O3/c1-15-20(23(29)25-9-10-28-11-13-31-14-12-28)17-6-4-7-18(22(17)26-15)21-16-5-2-3-8-19(16)27-24(21)30/h2-3,5,8,26H,4,6-7,9-14H2,1H3,(H,25,29)(H,27,30). The maximum Gasteiger partial charge on any atom is 0.256 e. The van der Waals surface area contributed by atoms with Crippen LogP contribution in [0.3, 0.4) is 0 Å². The first-order valence-corrected chi connectivity index (χ1v) is 11.1. The summed E-state index contributed by atoms with van der Waals surface area (Å²) >= 11 is 0. The van der Waals surface area contributed by atoms with Crippen LogP contribution in [0.25, 0.3) is 11.1 Å². The van der Waals surface area contributed by atoms with Crippen molar-refractivity contribution in [3.63, 3.8) is 0 Å². The highest BCUT2D eigenvalue weighted by molar-refractivity contribution is 6.36. The number of ether oxygens (including phenoxy) is 1. The molecule has 0 radical (unpaired) electrons. The average Bonchev–Trinajstić information content (AvgIpc) is 3.29. The molecule has 1 aromatic carbocycles. The number of nitrogens with zero attached hydrogens (tertiary/aromatic N) is 1. The van der Waals surface area contributed by atoms with E-state index in [0.717, 1.165) is 97.0 Å². The Kier molecular flexibility index (Phi) is 5.38. The topological polar surface area (TPSA) is 86.5 Å². The molecule has 0 unspecified atom stereocenters. The van der Waals surface area contributed by atoms with Crippen LogP contribution in [0.4, 0.5) is 5.69 Å². The van der Waals surface area contributed by atoms with Gasteiger partial charge in [-0.3, -0.25) is 14.5 Å². The fraction of sp³-hybridized carbons (Fsp3) is 0.417. The minimum atomic E-state index is -0.0622. The number of allylic oxidation sites excluding steroid dienone is 1. The number of amides is 2. The molecule has 7 nitrogen and oxygen atoms in total. The van der Waals surface area contributed by atoms with E-state index in [0.29, 0.717) is 6.54 Å². The Hall–Kier alpha value is -2.90. The minimum absolute atomic E-state index is 0.0363. The van der Waals surface area contributed by atoms with Crippen molar-refractivity contribution in [2.75, 3.05) is 44.7 Å². The Balaban J connectivity index is 1.41. The van der Waals surface area contributed by atoms with Crippen molar-refractivity contribution in [2.24, 2.45) is 0 Å². The number of anilines is 1. The number of carbonyl (C=O) groups excluding carboxylic acids is 2. The zero-order valence-electron chi connectivity index (χ0n) is 17.8. The first kappa shape index (κ1) is 20.0. The smallest absolute Gasteiger partial charge is 0.256 e. The van der Waals surface area contributed by atoms with Gasteiger partial charge in [-0.15, -0.1) is 0 Å². The summed E-state index contributed by atoms with van der Waals surface area (Å²) in [5.41, 5.74) is 7.13. The van der Waals surface area contributed by atoms with Gasteiger partial charge in [0.25, 0.3) is 11.8 Å². The molecular formula is C24H28N4O3. The third-order valence-corrected chi connectivity index (χ3v) is 6.46. The van der Waals surface area contributed by atoms with Crippen LogP contribution in [0.2, 0.25) is 0 Å². The maximum absolute atomic E-state index is 13.1. The van der Waals surface area contributed by atoms with Crippen molar-refractivity contribution in [3.05, 3.63) is 52.3 Å². The van der Waals surface area contributed by atoms with Gasteiger partial charge in [0.05, 0.1) is 24.4 Å². The Morgan fingerprint density at radius 3 is 2.84 bits per heavy atom. The number of nitrogens with one attached hydrogen (secondary N) is 3. The van der Waals surface area contributed by atoms with Gasteiger partial charge in [-0.05, 0) is 43.4 Å². The van der Waals surface area contributed by atoms with Gasteiger partial charge in [0.1, 0.15) is 0 Å². The highest BCUT2D eigenvalue weighted by atomic mass is 16.5. The number of H-pyrrole nitrogens is 1. The first-order chi connectivity index (χ1) is 15.1. The maximum atomic E-state index is 13.1. The predicted octanol–water partition coefficient (Wildman–Crippen LogP) is 2.58. The van der Waals surface area contributed by atoms with Gasteiger partial charge in [-0.25, -0.2) is 0 Å². The summed E-state index contributed by atoms with van der Waals surface area (Å²) in [6, 6.07) is 7.80. The number of aromatic nitrogens is 1. The van der Waals surface area contributed by atoms with E-state index < -0.39 is 0 Å². The molecule has 2 aromatic rings. The monoisotopic (exact) mass is 420 g/mol. The van der Waals surface area contributed by atoms with Crippen LogP contribution < -0.4 is 10.6 Å². The normalized spacial score (nSPS) is 20.9. The molecule has 162 valence electrons. The number of aryl methyl sites for hydroxylation is 1. The van der Waals surface area contributed by atoms with Crippen molar-refractivity contribution in [1.82, 2.24) is 15.2 Å². The molecule has 1 aliphatic carbocycles. The average molecular weight is 421 g/mol. The van der Waals surface area contributed by atoms with Gasteiger partial charge in [-0.1, -0.05) is 18.2 Å². The van der Waals surface area contributed by atoms with E-state index >= 15 is 0 Å². The predicted molar refractivity (Wildman–Crippen MR) is 120 cm³/mol. The van der Waals surface area contributed by atoms with Crippen LogP contribution in [0, 0.1) is 6.92 Å². The van der Waals surface area contributed by atoms with Gasteiger partial charge < -0.3 is 20.4 Å². The van der Waals surface area contributed by atoms with Gasteiger partial charge in [-0.2, -0.15) is 0 Å². The van der Waals surface area contributed by atoms with Crippen molar-refractivity contribution < 1.29 is 14.3 Å². The van der Waals surface area contributed by atoms with Gasteiger partial charge >= 0.3 is 0 Å². The Morgan fingerprint density at radius 1 is 1.19 bits per heavy atom. The molecule has 0 atom stereocenters. The quantitative estimate of drug-likeness (QED) is 0.664. The largest absolute Gasteiger partial charge is 0.379 e. The number of para-hydroxylation sites is 1. The van der Waals surface area contributed by atoms with E-state index in [9.17, 15) is 9.59 Å². The highest BCUT2D eigenvalue weighted by Crippen LogP contribution is 2.42. The van der Waals surface area contributed by atoms with Gasteiger partial charge in [0.2, 0.25) is 0 Å². The summed E-state index contributed by atoms with van der Waals surface area (Å²) in [5.74, 6) is -0.0985. The molecule has 0 saturated carbocycles. The van der Waals surface area contributed by atoms with E-state index in [1.807, 2.05) is 31.2 Å². The highest BCUT2D eigenvalue weighted by Gasteiger charge is 2.32. The van der Waals surface area contributed by atoms with Crippen LogP contribution in [0.5, 0.6) is 0 Å². The lowest BCUT2D eigenvalue weighted by Gasteiger charge is -2.26. The summed E-state index contributed by atoms with van der Waals surface area (Å²) in [7, 11) is 0. The summed E-state index contributed by atoms with van der Waals surface area (Å²) in [6.45, 7) is 6.72. The first-order valence-electron chi connectivity index (χ1n) is 11.1. The second-order valence-corrected chi connectivity index (χ2v) is 8.40. The molecule has 3 aliphatic rings. The number of fused-ring (bicyclic) bond motifs is 2. The number of aromatic amines is 1. The zero-order chi connectivity index (χ0) is 21.4. The molecule has 5 rings (SSSR count). The molecule has 31 heavy (non-hydrogen) atoms. The third-order valence-electron chi connectivity index (χ3n) is 6.46. The third kappa shape index (κ3) is 3.68. The molecule has 1 aromatic heterocycles. The van der Waals surface area contributed by atoms with Crippen molar-refractivity contribution in [2.45, 2.75) is 26.2 Å². The van der Waals surface area contributed by atoms with Crippen LogP contribution in [0.15, 0.2) is 24.3 Å². The Labute approximate surface area is 181 Å². The van der Waals surface area contributed by atoms with Crippen LogP contribution in [-0.2, 0) is 16.0 Å². The molecular weight excluding hydrogens is 392 g/mol. The number of benzene rings is 1. The summed E-state index contributed by atoms with van der Waals surface area (Å²) in [4.78, 5) is 31.6. The Morgan fingerprint density at radius 2 is 2.00 bits per heavy atom. The van der Waals surface area contributed by atoms with Crippen molar-refractivity contribution in [1.29, 1.82) is 0 Å². The zero-order valence-corrected chi connectivity index (χ0v) is 17.8. The summed E-state index contributed by atoms with van der Waals surface area (Å²) < 4.78 is 5.38. The van der Waals surface area contributed by atoms with Crippen molar-refractivity contribution in [3.8, 4) is 0 Å². The number of hydrogen-bond donors (Lipinski definition) is 3. The molecule has 7 heteroatoms. The van der Waals surface area contributed by atoms with Gasteiger partial charge in [0.15, 0.2) is 0 Å². The molecule has 2 aliphatic heterocycles. The lowest BCUT2D eigenvalue weighted by molar-refractivity contribution is -0.110. The molecule has 3 heterocycles. The minimum Gasteiger partial charge on any atom is -0.379 e. The molecule has 1 saturated heterocycles. The second kappa shape index (κ2) is 8.32. The molecule has 0 bridgehead atoms. The number of morpholine rings is 1.